The lowest BCUT2D eigenvalue weighted by molar-refractivity contribution is -0.0413. The van der Waals surface area contributed by atoms with Crippen LogP contribution in [0.2, 0.25) is 0 Å². The molecule has 1 aliphatic heterocycles. The molecular weight excluding hydrogens is 399 g/mol. The SMILES string of the molecule is CC(C)(C)OC(=O)Oc1cc2c(cc1I)CC(O)C(C)(C)O2. The zero-order valence-corrected chi connectivity index (χ0v) is 15.6. The molecule has 0 amide bonds. The Labute approximate surface area is 144 Å². The van der Waals surface area contributed by atoms with Crippen molar-refractivity contribution in [3.8, 4) is 11.5 Å². The van der Waals surface area contributed by atoms with Gasteiger partial charge >= 0.3 is 6.16 Å². The zero-order chi connectivity index (χ0) is 16.7. The van der Waals surface area contributed by atoms with Gasteiger partial charge in [0, 0.05) is 12.5 Å². The van der Waals surface area contributed by atoms with Crippen LogP contribution in [-0.4, -0.2) is 28.6 Å². The van der Waals surface area contributed by atoms with Crippen LogP contribution in [0.1, 0.15) is 40.2 Å². The molecule has 22 heavy (non-hydrogen) atoms. The second kappa shape index (κ2) is 5.88. The van der Waals surface area contributed by atoms with E-state index in [4.69, 9.17) is 14.2 Å². The molecule has 1 unspecified atom stereocenters. The molecule has 0 saturated heterocycles. The number of carbonyl (C=O) groups excluding carboxylic acids is 1. The summed E-state index contributed by atoms with van der Waals surface area (Å²) in [5.74, 6) is 1.01. The zero-order valence-electron chi connectivity index (χ0n) is 13.4. The van der Waals surface area contributed by atoms with Crippen molar-refractivity contribution in [2.24, 2.45) is 0 Å². The minimum Gasteiger partial charge on any atom is -0.485 e. The summed E-state index contributed by atoms with van der Waals surface area (Å²) in [6.45, 7) is 8.98. The minimum absolute atomic E-state index is 0.390. The van der Waals surface area contributed by atoms with E-state index in [-0.39, 0.29) is 0 Å². The van der Waals surface area contributed by atoms with Gasteiger partial charge in [-0.05, 0) is 68.8 Å². The number of carbonyl (C=O) groups is 1. The van der Waals surface area contributed by atoms with Crippen molar-refractivity contribution in [1.29, 1.82) is 0 Å². The Balaban J connectivity index is 2.23. The average Bonchev–Trinajstić information content (AvgIpc) is 2.30. The van der Waals surface area contributed by atoms with Gasteiger partial charge in [-0.2, -0.15) is 0 Å². The fourth-order valence-electron chi connectivity index (χ4n) is 2.07. The Morgan fingerprint density at radius 1 is 1.41 bits per heavy atom. The first kappa shape index (κ1) is 17.3. The van der Waals surface area contributed by atoms with Gasteiger partial charge in [-0.1, -0.05) is 0 Å². The molecule has 0 aromatic heterocycles. The van der Waals surface area contributed by atoms with Gasteiger partial charge in [-0.25, -0.2) is 4.79 Å². The smallest absolute Gasteiger partial charge is 0.485 e. The Kier molecular flexibility index (Phi) is 4.64. The molecule has 5 nitrogen and oxygen atoms in total. The minimum atomic E-state index is -0.750. The maximum atomic E-state index is 11.8. The molecule has 2 rings (SSSR count). The number of ether oxygens (including phenoxy) is 3. The maximum Gasteiger partial charge on any atom is 0.514 e. The van der Waals surface area contributed by atoms with E-state index in [2.05, 4.69) is 22.6 Å². The first-order valence-corrected chi connectivity index (χ1v) is 8.16. The predicted octanol–water partition coefficient (Wildman–Crippen LogP) is 3.68. The number of hydrogen-bond donors (Lipinski definition) is 1. The number of aliphatic hydroxyl groups excluding tert-OH is 1. The van der Waals surface area contributed by atoms with Crippen LogP contribution in [0.25, 0.3) is 0 Å². The Morgan fingerprint density at radius 3 is 2.64 bits per heavy atom. The van der Waals surface area contributed by atoms with Crippen molar-refractivity contribution in [1.82, 2.24) is 0 Å². The molecule has 122 valence electrons. The van der Waals surface area contributed by atoms with E-state index < -0.39 is 23.5 Å². The van der Waals surface area contributed by atoms with Gasteiger partial charge in [0.05, 0.1) is 9.67 Å². The van der Waals surface area contributed by atoms with Gasteiger partial charge in [0.25, 0.3) is 0 Å². The van der Waals surface area contributed by atoms with Crippen molar-refractivity contribution in [2.75, 3.05) is 0 Å². The van der Waals surface area contributed by atoms with E-state index in [0.29, 0.717) is 17.9 Å². The van der Waals surface area contributed by atoms with E-state index >= 15 is 0 Å². The average molecular weight is 420 g/mol. The summed E-state index contributed by atoms with van der Waals surface area (Å²) in [6, 6.07) is 3.53. The topological polar surface area (TPSA) is 65.0 Å². The van der Waals surface area contributed by atoms with Crippen molar-refractivity contribution < 1.29 is 24.1 Å². The van der Waals surface area contributed by atoms with E-state index in [0.717, 1.165) is 9.13 Å². The third-order valence-corrected chi connectivity index (χ3v) is 4.13. The number of fused-ring (bicyclic) bond motifs is 1. The first-order chi connectivity index (χ1) is 9.98. The highest BCUT2D eigenvalue weighted by atomic mass is 127. The summed E-state index contributed by atoms with van der Waals surface area (Å²) in [5.41, 5.74) is -0.393. The van der Waals surface area contributed by atoms with Crippen LogP contribution in [0, 0.1) is 3.57 Å². The van der Waals surface area contributed by atoms with Crippen LogP contribution in [0.4, 0.5) is 4.79 Å². The van der Waals surface area contributed by atoms with Crippen LogP contribution in [0.5, 0.6) is 11.5 Å². The van der Waals surface area contributed by atoms with Crippen molar-refractivity contribution in [3.05, 3.63) is 21.3 Å². The molecule has 1 heterocycles. The maximum absolute atomic E-state index is 11.8. The normalized spacial score (nSPS) is 19.9. The number of hydrogen-bond acceptors (Lipinski definition) is 5. The highest BCUT2D eigenvalue weighted by Crippen LogP contribution is 2.38. The number of halogens is 1. The van der Waals surface area contributed by atoms with Gasteiger partial charge < -0.3 is 19.3 Å². The van der Waals surface area contributed by atoms with E-state index in [9.17, 15) is 9.90 Å². The molecule has 1 aromatic carbocycles. The number of benzene rings is 1. The molecule has 0 radical (unpaired) electrons. The molecule has 0 fully saturated rings. The standard InChI is InChI=1S/C16H21IO5/c1-15(2,3)22-14(19)20-12-8-11-9(6-10(12)17)7-13(18)16(4,5)21-11/h6,8,13,18H,7H2,1-5H3. The predicted molar refractivity (Wildman–Crippen MR) is 90.4 cm³/mol. The molecule has 0 spiro atoms. The van der Waals surface area contributed by atoms with Crippen LogP contribution in [-0.2, 0) is 11.2 Å². The molecule has 1 aromatic rings. The number of aliphatic hydroxyl groups is 1. The molecule has 0 aliphatic carbocycles. The van der Waals surface area contributed by atoms with Gasteiger partial charge in [0.2, 0.25) is 0 Å². The molecule has 0 bridgehead atoms. The first-order valence-electron chi connectivity index (χ1n) is 7.08. The lowest BCUT2D eigenvalue weighted by atomic mass is 9.91. The summed E-state index contributed by atoms with van der Waals surface area (Å²) in [4.78, 5) is 11.8. The fourth-order valence-corrected chi connectivity index (χ4v) is 2.72. The lowest BCUT2D eigenvalue weighted by Gasteiger charge is -2.37. The highest BCUT2D eigenvalue weighted by Gasteiger charge is 2.36. The van der Waals surface area contributed by atoms with E-state index in [1.807, 2.05) is 19.9 Å². The molecule has 1 aliphatic rings. The van der Waals surface area contributed by atoms with Crippen molar-refractivity contribution >= 4 is 28.7 Å². The summed E-state index contributed by atoms with van der Waals surface area (Å²) >= 11 is 2.08. The van der Waals surface area contributed by atoms with Gasteiger partial charge in [-0.3, -0.25) is 0 Å². The van der Waals surface area contributed by atoms with Gasteiger partial charge in [0.1, 0.15) is 17.0 Å². The summed E-state index contributed by atoms with van der Waals surface area (Å²) in [5, 5.41) is 10.1. The third kappa shape index (κ3) is 4.04. The monoisotopic (exact) mass is 420 g/mol. The van der Waals surface area contributed by atoms with Gasteiger partial charge in [0.15, 0.2) is 5.75 Å². The van der Waals surface area contributed by atoms with E-state index in [1.165, 1.54) is 0 Å². The fraction of sp³-hybridized carbons (Fsp3) is 0.562. The third-order valence-electron chi connectivity index (χ3n) is 3.29. The quantitative estimate of drug-likeness (QED) is 0.427. The largest absolute Gasteiger partial charge is 0.514 e. The summed E-state index contributed by atoms with van der Waals surface area (Å²) in [7, 11) is 0. The van der Waals surface area contributed by atoms with Crippen molar-refractivity contribution in [2.45, 2.75) is 58.3 Å². The van der Waals surface area contributed by atoms with Crippen LogP contribution in [0.3, 0.4) is 0 Å². The van der Waals surface area contributed by atoms with Gasteiger partial charge in [-0.15, -0.1) is 0 Å². The second-order valence-corrected chi connectivity index (χ2v) is 8.04. The van der Waals surface area contributed by atoms with E-state index in [1.54, 1.807) is 26.8 Å². The van der Waals surface area contributed by atoms with Crippen LogP contribution in [0.15, 0.2) is 12.1 Å². The Bertz CT molecular complexity index is 589. The van der Waals surface area contributed by atoms with Crippen LogP contribution >= 0.6 is 22.6 Å². The van der Waals surface area contributed by atoms with Crippen LogP contribution < -0.4 is 9.47 Å². The molecule has 6 heteroatoms. The lowest BCUT2D eigenvalue weighted by Crippen LogP contribution is -2.46. The second-order valence-electron chi connectivity index (χ2n) is 6.88. The summed E-state index contributed by atoms with van der Waals surface area (Å²) in [6.07, 6.45) is -0.820. The van der Waals surface area contributed by atoms with Crippen molar-refractivity contribution in [3.63, 3.8) is 0 Å². The highest BCUT2D eigenvalue weighted by molar-refractivity contribution is 14.1. The number of rotatable bonds is 1. The Hall–Kier alpha value is -1.02. The molecule has 1 atom stereocenters. The molecule has 1 N–H and O–H groups in total. The Morgan fingerprint density at radius 2 is 2.05 bits per heavy atom. The summed E-state index contributed by atoms with van der Waals surface area (Å²) < 4.78 is 17.0. The molecule has 0 saturated carbocycles. The molecular formula is C16H21IO5.